The Morgan fingerprint density at radius 1 is 1.03 bits per heavy atom. The molecule has 6 heteroatoms. The molecule has 0 aliphatic carbocycles. The van der Waals surface area contributed by atoms with Crippen LogP contribution in [0.1, 0.15) is 34.6 Å². The molecule has 0 saturated heterocycles. The third-order valence-corrected chi connectivity index (χ3v) is 5.34. The van der Waals surface area contributed by atoms with Gasteiger partial charge in [-0.15, -0.1) is 0 Å². The van der Waals surface area contributed by atoms with Crippen LogP contribution in [0.3, 0.4) is 0 Å². The minimum absolute atomic E-state index is 0.0974. The van der Waals surface area contributed by atoms with Crippen molar-refractivity contribution in [2.45, 2.75) is 32.7 Å². The molecule has 0 atom stereocenters. The Labute approximate surface area is 188 Å². The van der Waals surface area contributed by atoms with Gasteiger partial charge in [-0.3, -0.25) is 9.78 Å². The highest BCUT2D eigenvalue weighted by molar-refractivity contribution is 5.93. The normalized spacial score (nSPS) is 10.9. The largest absolute Gasteiger partial charge is 0.494 e. The molecule has 2 heterocycles. The molecule has 2 aromatic heterocycles. The van der Waals surface area contributed by atoms with E-state index in [1.165, 1.54) is 5.56 Å². The summed E-state index contributed by atoms with van der Waals surface area (Å²) in [5.74, 6) is 1.84. The van der Waals surface area contributed by atoms with Gasteiger partial charge in [0.15, 0.2) is 0 Å². The second kappa shape index (κ2) is 10.6. The maximum absolute atomic E-state index is 12.2. The van der Waals surface area contributed by atoms with Crippen molar-refractivity contribution in [1.29, 1.82) is 0 Å². The molecule has 164 valence electrons. The van der Waals surface area contributed by atoms with E-state index in [1.807, 2.05) is 30.3 Å². The summed E-state index contributed by atoms with van der Waals surface area (Å²) in [6, 6.07) is 19.9. The molecule has 0 fully saturated rings. The van der Waals surface area contributed by atoms with Gasteiger partial charge in [0.2, 0.25) is 0 Å². The fraction of sp³-hybridized carbons (Fsp3) is 0.269. The lowest BCUT2D eigenvalue weighted by molar-refractivity contribution is 0.0952. The lowest BCUT2D eigenvalue weighted by Crippen LogP contribution is -2.25. The molecule has 0 saturated carbocycles. The summed E-state index contributed by atoms with van der Waals surface area (Å²) < 4.78 is 8.17. The molecule has 1 N–H and O–H groups in total. The van der Waals surface area contributed by atoms with Crippen LogP contribution in [0.15, 0.2) is 73.1 Å². The number of hydrogen-bond donors (Lipinski definition) is 1. The number of fused-ring (bicyclic) bond motifs is 1. The number of aryl methyl sites for hydroxylation is 3. The van der Waals surface area contributed by atoms with Crippen LogP contribution in [-0.2, 0) is 13.0 Å². The summed E-state index contributed by atoms with van der Waals surface area (Å²) in [6.07, 6.45) is 5.73. The molecule has 4 rings (SSSR count). The molecule has 6 nitrogen and oxygen atoms in total. The second-order valence-corrected chi connectivity index (χ2v) is 7.78. The van der Waals surface area contributed by atoms with Crippen molar-refractivity contribution in [3.8, 4) is 5.75 Å². The Kier molecular flexibility index (Phi) is 7.12. The summed E-state index contributed by atoms with van der Waals surface area (Å²) in [5.41, 5.74) is 3.94. The van der Waals surface area contributed by atoms with Crippen molar-refractivity contribution < 1.29 is 9.53 Å². The highest BCUT2D eigenvalue weighted by Gasteiger charge is 2.11. The first-order chi connectivity index (χ1) is 15.7. The van der Waals surface area contributed by atoms with E-state index in [1.54, 1.807) is 24.5 Å². The van der Waals surface area contributed by atoms with E-state index in [9.17, 15) is 4.79 Å². The van der Waals surface area contributed by atoms with E-state index in [4.69, 9.17) is 9.72 Å². The van der Waals surface area contributed by atoms with Crippen LogP contribution in [0, 0.1) is 6.92 Å². The number of amides is 1. The van der Waals surface area contributed by atoms with Crippen LogP contribution in [0.2, 0.25) is 0 Å². The highest BCUT2D eigenvalue weighted by Crippen LogP contribution is 2.18. The number of carbonyl (C=O) groups excluding carboxylic acids is 1. The number of benzene rings is 2. The van der Waals surface area contributed by atoms with Gasteiger partial charge in [0.1, 0.15) is 11.6 Å². The smallest absolute Gasteiger partial charge is 0.252 e. The molecule has 2 aromatic carbocycles. The van der Waals surface area contributed by atoms with Crippen molar-refractivity contribution in [1.82, 2.24) is 19.9 Å². The molecule has 0 spiro atoms. The number of ether oxygens (including phenoxy) is 1. The van der Waals surface area contributed by atoms with Crippen LogP contribution in [0.25, 0.3) is 11.0 Å². The minimum Gasteiger partial charge on any atom is -0.494 e. The van der Waals surface area contributed by atoms with E-state index in [0.717, 1.165) is 48.4 Å². The summed E-state index contributed by atoms with van der Waals surface area (Å²) in [6.45, 7) is 4.15. The Bertz CT molecular complexity index is 1150. The van der Waals surface area contributed by atoms with Crippen molar-refractivity contribution in [2.75, 3.05) is 13.2 Å². The number of pyridine rings is 1. The topological polar surface area (TPSA) is 69.0 Å². The standard InChI is InChI=1S/C26H28N4O2/c1-20-11-13-22(14-12-20)32-18-6-17-30-24-9-3-2-8-23(24)29-25(30)10-5-16-28-26(31)21-7-4-15-27-19-21/h2-4,7-9,11-15,19H,5-6,10,16-18H2,1H3,(H,28,31). The molecule has 4 aromatic rings. The molecule has 0 radical (unpaired) electrons. The third kappa shape index (κ3) is 5.52. The third-order valence-electron chi connectivity index (χ3n) is 5.34. The number of para-hydroxylation sites is 2. The summed E-state index contributed by atoms with van der Waals surface area (Å²) in [5, 5.41) is 2.96. The predicted molar refractivity (Wildman–Crippen MR) is 126 cm³/mol. The number of rotatable bonds is 10. The number of nitrogens with one attached hydrogen (secondary N) is 1. The zero-order chi connectivity index (χ0) is 22.2. The molecule has 1 amide bonds. The van der Waals surface area contributed by atoms with Gasteiger partial charge in [-0.25, -0.2) is 4.98 Å². The lowest BCUT2D eigenvalue weighted by atomic mass is 10.2. The molecule has 32 heavy (non-hydrogen) atoms. The van der Waals surface area contributed by atoms with Gasteiger partial charge in [-0.2, -0.15) is 0 Å². The first-order valence-electron chi connectivity index (χ1n) is 11.0. The highest BCUT2D eigenvalue weighted by atomic mass is 16.5. The van der Waals surface area contributed by atoms with Crippen LogP contribution in [0.5, 0.6) is 5.75 Å². The van der Waals surface area contributed by atoms with E-state index >= 15 is 0 Å². The predicted octanol–water partition coefficient (Wildman–Crippen LogP) is 4.57. The molecule has 0 unspecified atom stereocenters. The monoisotopic (exact) mass is 428 g/mol. The summed E-state index contributed by atoms with van der Waals surface area (Å²) >= 11 is 0. The second-order valence-electron chi connectivity index (χ2n) is 7.78. The van der Waals surface area contributed by atoms with Gasteiger partial charge in [0.05, 0.1) is 23.2 Å². The quantitative estimate of drug-likeness (QED) is 0.376. The molecular weight excluding hydrogens is 400 g/mol. The Morgan fingerprint density at radius 2 is 1.88 bits per heavy atom. The Morgan fingerprint density at radius 3 is 2.69 bits per heavy atom. The number of carbonyl (C=O) groups is 1. The average Bonchev–Trinajstić information content (AvgIpc) is 3.18. The van der Waals surface area contributed by atoms with E-state index in [0.29, 0.717) is 18.7 Å². The van der Waals surface area contributed by atoms with Gasteiger partial charge in [-0.1, -0.05) is 29.8 Å². The molecular formula is C26H28N4O2. The maximum atomic E-state index is 12.2. The van der Waals surface area contributed by atoms with Crippen LogP contribution in [0.4, 0.5) is 0 Å². The molecule has 0 aliphatic heterocycles. The van der Waals surface area contributed by atoms with Crippen LogP contribution < -0.4 is 10.1 Å². The molecule has 0 aliphatic rings. The van der Waals surface area contributed by atoms with Crippen LogP contribution >= 0.6 is 0 Å². The number of aromatic nitrogens is 3. The van der Waals surface area contributed by atoms with Gasteiger partial charge >= 0.3 is 0 Å². The fourth-order valence-electron chi connectivity index (χ4n) is 3.66. The summed E-state index contributed by atoms with van der Waals surface area (Å²) in [7, 11) is 0. The first-order valence-corrected chi connectivity index (χ1v) is 11.0. The van der Waals surface area contributed by atoms with Gasteiger partial charge in [0.25, 0.3) is 5.91 Å². The van der Waals surface area contributed by atoms with Gasteiger partial charge < -0.3 is 14.6 Å². The van der Waals surface area contributed by atoms with E-state index in [-0.39, 0.29) is 5.91 Å². The Hall–Kier alpha value is -3.67. The summed E-state index contributed by atoms with van der Waals surface area (Å²) in [4.78, 5) is 21.0. The Balaban J connectivity index is 1.32. The first kappa shape index (κ1) is 21.6. The fourth-order valence-corrected chi connectivity index (χ4v) is 3.66. The number of imidazole rings is 1. The van der Waals surface area contributed by atoms with E-state index in [2.05, 4.69) is 40.0 Å². The van der Waals surface area contributed by atoms with Gasteiger partial charge in [-0.05, 0) is 56.2 Å². The van der Waals surface area contributed by atoms with Crippen molar-refractivity contribution >= 4 is 16.9 Å². The number of hydrogen-bond acceptors (Lipinski definition) is 4. The minimum atomic E-state index is -0.0974. The number of nitrogens with zero attached hydrogens (tertiary/aromatic N) is 3. The molecule has 0 bridgehead atoms. The van der Waals surface area contributed by atoms with Crippen LogP contribution in [-0.4, -0.2) is 33.6 Å². The van der Waals surface area contributed by atoms with Gasteiger partial charge in [0, 0.05) is 31.9 Å². The van der Waals surface area contributed by atoms with E-state index < -0.39 is 0 Å². The van der Waals surface area contributed by atoms with Crippen molar-refractivity contribution in [3.05, 3.63) is 90.0 Å². The lowest BCUT2D eigenvalue weighted by Gasteiger charge is -2.11. The van der Waals surface area contributed by atoms with Crippen molar-refractivity contribution in [3.63, 3.8) is 0 Å². The zero-order valence-electron chi connectivity index (χ0n) is 18.3. The SMILES string of the molecule is Cc1ccc(OCCCn2c(CCCNC(=O)c3cccnc3)nc3ccccc32)cc1. The zero-order valence-corrected chi connectivity index (χ0v) is 18.3. The van der Waals surface area contributed by atoms with Crippen molar-refractivity contribution in [2.24, 2.45) is 0 Å². The average molecular weight is 429 g/mol. The maximum Gasteiger partial charge on any atom is 0.252 e.